The minimum atomic E-state index is -1.23. The van der Waals surface area contributed by atoms with E-state index < -0.39 is 23.9 Å². The first-order chi connectivity index (χ1) is 14.5. The summed E-state index contributed by atoms with van der Waals surface area (Å²) in [5, 5.41) is 11.6. The van der Waals surface area contributed by atoms with E-state index in [4.69, 9.17) is 14.2 Å². The fourth-order valence-corrected chi connectivity index (χ4v) is 3.92. The van der Waals surface area contributed by atoms with E-state index in [2.05, 4.69) is 0 Å². The predicted molar refractivity (Wildman–Crippen MR) is 115 cm³/mol. The number of carbonyl (C=O) groups is 1. The SMILES string of the molecule is CC(=O)CCC[C@@]1(O)C(C)OCC(OCc2ccccc2)[C@H]1OCc1ccccc1. The highest BCUT2D eigenvalue weighted by atomic mass is 16.6. The number of hydrogen-bond donors (Lipinski definition) is 1. The van der Waals surface area contributed by atoms with Crippen LogP contribution in [0.2, 0.25) is 0 Å². The first kappa shape index (κ1) is 22.6. The van der Waals surface area contributed by atoms with Gasteiger partial charge in [0, 0.05) is 6.42 Å². The van der Waals surface area contributed by atoms with Gasteiger partial charge < -0.3 is 24.1 Å². The molecule has 3 rings (SSSR count). The maximum Gasteiger partial charge on any atom is 0.129 e. The molecule has 0 aromatic heterocycles. The Morgan fingerprint density at radius 1 is 1.03 bits per heavy atom. The van der Waals surface area contributed by atoms with Gasteiger partial charge in [-0.15, -0.1) is 0 Å². The lowest BCUT2D eigenvalue weighted by Gasteiger charge is -2.47. The average molecular weight is 413 g/mol. The van der Waals surface area contributed by atoms with Crippen molar-refractivity contribution in [2.45, 2.75) is 70.2 Å². The summed E-state index contributed by atoms with van der Waals surface area (Å²) in [6.45, 7) is 4.57. The topological polar surface area (TPSA) is 65.0 Å². The molecule has 162 valence electrons. The lowest BCUT2D eigenvalue weighted by molar-refractivity contribution is -0.267. The minimum absolute atomic E-state index is 0.113. The molecule has 5 heteroatoms. The molecular formula is C25H32O5. The van der Waals surface area contributed by atoms with Crippen LogP contribution in [0.1, 0.15) is 44.2 Å². The molecule has 0 aliphatic carbocycles. The maximum atomic E-state index is 11.6. The Morgan fingerprint density at radius 2 is 1.60 bits per heavy atom. The van der Waals surface area contributed by atoms with E-state index in [0.29, 0.717) is 39.1 Å². The molecular weight excluding hydrogens is 380 g/mol. The lowest BCUT2D eigenvalue weighted by atomic mass is 9.81. The van der Waals surface area contributed by atoms with Gasteiger partial charge in [-0.3, -0.25) is 0 Å². The van der Waals surface area contributed by atoms with Gasteiger partial charge >= 0.3 is 0 Å². The van der Waals surface area contributed by atoms with Crippen LogP contribution in [0.25, 0.3) is 0 Å². The summed E-state index contributed by atoms with van der Waals surface area (Å²) >= 11 is 0. The summed E-state index contributed by atoms with van der Waals surface area (Å²) < 4.78 is 18.3. The van der Waals surface area contributed by atoms with Crippen molar-refractivity contribution in [2.75, 3.05) is 6.61 Å². The summed E-state index contributed by atoms with van der Waals surface area (Å²) in [5.74, 6) is 0.113. The predicted octanol–water partition coefficient (Wildman–Crippen LogP) is 4.07. The average Bonchev–Trinajstić information content (AvgIpc) is 2.75. The molecule has 1 aliphatic heterocycles. The van der Waals surface area contributed by atoms with Gasteiger partial charge in [0.1, 0.15) is 23.6 Å². The minimum Gasteiger partial charge on any atom is -0.384 e. The molecule has 0 radical (unpaired) electrons. The highest BCUT2D eigenvalue weighted by Crippen LogP contribution is 2.35. The molecule has 1 aliphatic rings. The van der Waals surface area contributed by atoms with Gasteiger partial charge in [0.15, 0.2) is 0 Å². The number of ether oxygens (including phenoxy) is 3. The van der Waals surface area contributed by atoms with Crippen LogP contribution in [0.5, 0.6) is 0 Å². The number of hydrogen-bond acceptors (Lipinski definition) is 5. The Hall–Kier alpha value is -2.05. The number of carbonyl (C=O) groups excluding carboxylic acids is 1. The quantitative estimate of drug-likeness (QED) is 0.637. The van der Waals surface area contributed by atoms with Gasteiger partial charge in [-0.1, -0.05) is 60.7 Å². The Bertz CT molecular complexity index is 779. The molecule has 0 saturated carbocycles. The lowest BCUT2D eigenvalue weighted by Crippen LogP contribution is -2.63. The van der Waals surface area contributed by atoms with Crippen molar-refractivity contribution in [1.82, 2.24) is 0 Å². The Balaban J connectivity index is 1.75. The molecule has 30 heavy (non-hydrogen) atoms. The Kier molecular flexibility index (Phi) is 8.16. The van der Waals surface area contributed by atoms with E-state index in [1.54, 1.807) is 6.92 Å². The number of Topliss-reactive ketones (excluding diaryl/α,β-unsaturated/α-hetero) is 1. The van der Waals surface area contributed by atoms with Crippen LogP contribution in [-0.2, 0) is 32.2 Å². The van der Waals surface area contributed by atoms with Crippen LogP contribution < -0.4 is 0 Å². The summed E-state index contributed by atoms with van der Waals surface area (Å²) in [4.78, 5) is 11.4. The van der Waals surface area contributed by atoms with E-state index in [9.17, 15) is 9.90 Å². The first-order valence-corrected chi connectivity index (χ1v) is 10.6. The second-order valence-corrected chi connectivity index (χ2v) is 8.07. The summed E-state index contributed by atoms with van der Waals surface area (Å²) in [6, 6.07) is 19.8. The van der Waals surface area contributed by atoms with Crippen molar-refractivity contribution in [3.05, 3.63) is 71.8 Å². The van der Waals surface area contributed by atoms with Crippen molar-refractivity contribution in [1.29, 1.82) is 0 Å². The van der Waals surface area contributed by atoms with Crippen molar-refractivity contribution in [2.24, 2.45) is 0 Å². The normalized spacial score (nSPS) is 26.4. The highest BCUT2D eigenvalue weighted by Gasteiger charge is 2.51. The number of rotatable bonds is 10. The van der Waals surface area contributed by atoms with Gasteiger partial charge in [0.25, 0.3) is 0 Å². The van der Waals surface area contributed by atoms with Crippen molar-refractivity contribution < 1.29 is 24.1 Å². The van der Waals surface area contributed by atoms with Crippen LogP contribution in [0.15, 0.2) is 60.7 Å². The third kappa shape index (κ3) is 5.99. The van der Waals surface area contributed by atoms with Crippen LogP contribution in [0.3, 0.4) is 0 Å². The van der Waals surface area contributed by atoms with Gasteiger partial charge in [-0.05, 0) is 37.8 Å². The molecule has 1 fully saturated rings. The Morgan fingerprint density at radius 3 is 2.17 bits per heavy atom. The molecule has 1 N–H and O–H groups in total. The van der Waals surface area contributed by atoms with Crippen LogP contribution >= 0.6 is 0 Å². The number of benzene rings is 2. The largest absolute Gasteiger partial charge is 0.384 e. The standard InChI is InChI=1S/C25H32O5/c1-19(26)10-9-15-25(27)20(2)28-18-23(29-16-21-11-5-3-6-12-21)24(25)30-17-22-13-7-4-8-14-22/h3-8,11-14,20,23-24,27H,9-10,15-18H2,1-2H3/t20?,23?,24-,25-/m1/s1. The van der Waals surface area contributed by atoms with Crippen molar-refractivity contribution in [3.63, 3.8) is 0 Å². The highest BCUT2D eigenvalue weighted by molar-refractivity contribution is 5.75. The van der Waals surface area contributed by atoms with Gasteiger partial charge in [0.05, 0.1) is 25.9 Å². The zero-order chi connectivity index (χ0) is 21.4. The molecule has 2 unspecified atom stereocenters. The van der Waals surface area contributed by atoms with E-state index in [-0.39, 0.29) is 5.78 Å². The van der Waals surface area contributed by atoms with E-state index >= 15 is 0 Å². The second-order valence-electron chi connectivity index (χ2n) is 8.07. The number of aliphatic hydroxyl groups is 1. The van der Waals surface area contributed by atoms with Crippen LogP contribution in [0.4, 0.5) is 0 Å². The van der Waals surface area contributed by atoms with Gasteiger partial charge in [-0.2, -0.15) is 0 Å². The summed E-state index contributed by atoms with van der Waals surface area (Å²) in [6.07, 6.45) is 0.0382. The zero-order valence-corrected chi connectivity index (χ0v) is 17.8. The molecule has 0 spiro atoms. The molecule has 2 aromatic rings. The summed E-state index contributed by atoms with van der Waals surface area (Å²) in [7, 11) is 0. The summed E-state index contributed by atoms with van der Waals surface area (Å²) in [5.41, 5.74) is 0.853. The van der Waals surface area contributed by atoms with Gasteiger partial charge in [0.2, 0.25) is 0 Å². The fraction of sp³-hybridized carbons (Fsp3) is 0.480. The van der Waals surface area contributed by atoms with Crippen molar-refractivity contribution >= 4 is 5.78 Å². The third-order valence-electron chi connectivity index (χ3n) is 5.73. The van der Waals surface area contributed by atoms with E-state index in [0.717, 1.165) is 11.1 Å². The molecule has 1 saturated heterocycles. The maximum absolute atomic E-state index is 11.6. The third-order valence-corrected chi connectivity index (χ3v) is 5.73. The van der Waals surface area contributed by atoms with E-state index in [1.165, 1.54) is 0 Å². The second kappa shape index (κ2) is 10.8. The molecule has 4 atom stereocenters. The molecule has 1 heterocycles. The van der Waals surface area contributed by atoms with Crippen LogP contribution in [-0.4, -0.2) is 41.4 Å². The Labute approximate surface area is 179 Å². The monoisotopic (exact) mass is 412 g/mol. The van der Waals surface area contributed by atoms with E-state index in [1.807, 2.05) is 67.6 Å². The fourth-order valence-electron chi connectivity index (χ4n) is 3.92. The first-order valence-electron chi connectivity index (χ1n) is 10.6. The van der Waals surface area contributed by atoms with Crippen molar-refractivity contribution in [3.8, 4) is 0 Å². The van der Waals surface area contributed by atoms with Crippen LogP contribution in [0, 0.1) is 0 Å². The zero-order valence-electron chi connectivity index (χ0n) is 17.8. The molecule has 5 nitrogen and oxygen atoms in total. The molecule has 0 amide bonds. The molecule has 2 aromatic carbocycles. The number of ketones is 1. The van der Waals surface area contributed by atoms with Gasteiger partial charge in [-0.25, -0.2) is 0 Å². The molecule has 0 bridgehead atoms. The smallest absolute Gasteiger partial charge is 0.129 e.